The molecule has 1 unspecified atom stereocenters. The highest BCUT2D eigenvalue weighted by Gasteiger charge is 2.45. The normalized spacial score (nSPS) is 16.8. The van der Waals surface area contributed by atoms with Crippen molar-refractivity contribution in [3.8, 4) is 0 Å². The molecule has 0 aliphatic heterocycles. The summed E-state index contributed by atoms with van der Waals surface area (Å²) in [6.07, 6.45) is 4.54. The van der Waals surface area contributed by atoms with Gasteiger partial charge in [-0.15, -0.1) is 0 Å². The molecule has 1 aliphatic carbocycles. The zero-order valence-corrected chi connectivity index (χ0v) is 15.9. The maximum Gasteiger partial charge on any atom is 0.312 e. The maximum absolute atomic E-state index is 12.9. The molecule has 0 saturated heterocycles. The SMILES string of the molecule is CCOC(=O)C(CCOC)CC1(C(=O)OCc2ccccc2)CCCC1. The second kappa shape index (κ2) is 10.3. The lowest BCUT2D eigenvalue weighted by Crippen LogP contribution is -2.35. The number of rotatable bonds is 10. The van der Waals surface area contributed by atoms with Crippen molar-refractivity contribution >= 4 is 11.9 Å². The van der Waals surface area contributed by atoms with Crippen LogP contribution in [0.3, 0.4) is 0 Å². The minimum absolute atomic E-state index is 0.189. The number of esters is 2. The van der Waals surface area contributed by atoms with E-state index in [4.69, 9.17) is 14.2 Å². The third-order valence-electron chi connectivity index (χ3n) is 5.13. The Labute approximate surface area is 156 Å². The fourth-order valence-electron chi connectivity index (χ4n) is 3.71. The van der Waals surface area contributed by atoms with Gasteiger partial charge in [-0.1, -0.05) is 43.2 Å². The smallest absolute Gasteiger partial charge is 0.312 e. The lowest BCUT2D eigenvalue weighted by molar-refractivity contribution is -0.161. The van der Waals surface area contributed by atoms with Crippen LogP contribution in [0.15, 0.2) is 30.3 Å². The molecule has 0 N–H and O–H groups in total. The van der Waals surface area contributed by atoms with Gasteiger partial charge in [-0.25, -0.2) is 0 Å². The Kier molecular flexibility index (Phi) is 8.10. The van der Waals surface area contributed by atoms with Crippen LogP contribution in [0.5, 0.6) is 0 Å². The number of hydrogen-bond donors (Lipinski definition) is 0. The van der Waals surface area contributed by atoms with E-state index in [-0.39, 0.29) is 24.5 Å². The van der Waals surface area contributed by atoms with E-state index in [1.54, 1.807) is 14.0 Å². The Balaban J connectivity index is 2.05. The summed E-state index contributed by atoms with van der Waals surface area (Å²) in [5.74, 6) is -0.769. The van der Waals surface area contributed by atoms with E-state index in [2.05, 4.69) is 0 Å². The van der Waals surface area contributed by atoms with E-state index in [1.165, 1.54) is 0 Å². The largest absolute Gasteiger partial charge is 0.466 e. The molecule has 1 aliphatic rings. The molecular weight excluding hydrogens is 332 g/mol. The quantitative estimate of drug-likeness (QED) is 0.591. The number of hydrogen-bond acceptors (Lipinski definition) is 5. The first-order valence-corrected chi connectivity index (χ1v) is 9.48. The average molecular weight is 362 g/mol. The average Bonchev–Trinajstić information content (AvgIpc) is 3.14. The standard InChI is InChI=1S/C21H30O5/c1-3-25-19(22)18(11-14-24-2)15-21(12-7-8-13-21)20(23)26-16-17-9-5-4-6-10-17/h4-6,9-10,18H,3,7-8,11-16H2,1-2H3. The van der Waals surface area contributed by atoms with Gasteiger partial charge in [-0.05, 0) is 38.2 Å². The summed E-state index contributed by atoms with van der Waals surface area (Å²) in [7, 11) is 1.61. The highest BCUT2D eigenvalue weighted by Crippen LogP contribution is 2.45. The van der Waals surface area contributed by atoms with Crippen LogP contribution in [0.1, 0.15) is 51.0 Å². The maximum atomic E-state index is 12.9. The van der Waals surface area contributed by atoms with Gasteiger partial charge in [0.05, 0.1) is 17.9 Å². The third kappa shape index (κ3) is 5.56. The molecule has 5 nitrogen and oxygen atoms in total. The lowest BCUT2D eigenvalue weighted by Gasteiger charge is -2.30. The van der Waals surface area contributed by atoms with Gasteiger partial charge in [-0.3, -0.25) is 9.59 Å². The van der Waals surface area contributed by atoms with Crippen molar-refractivity contribution in [2.45, 2.75) is 52.1 Å². The Hall–Kier alpha value is -1.88. The van der Waals surface area contributed by atoms with E-state index in [0.717, 1.165) is 31.2 Å². The fourth-order valence-corrected chi connectivity index (χ4v) is 3.71. The second-order valence-corrected chi connectivity index (χ2v) is 6.98. The molecule has 0 aromatic heterocycles. The van der Waals surface area contributed by atoms with Gasteiger partial charge in [0.15, 0.2) is 0 Å². The summed E-state index contributed by atoms with van der Waals surface area (Å²) in [4.78, 5) is 25.3. The fraction of sp³-hybridized carbons (Fsp3) is 0.619. The predicted octanol–water partition coefficient (Wildman–Crippen LogP) is 3.90. The van der Waals surface area contributed by atoms with Gasteiger partial charge in [0.2, 0.25) is 0 Å². The zero-order chi connectivity index (χ0) is 18.8. The van der Waals surface area contributed by atoms with Gasteiger partial charge >= 0.3 is 11.9 Å². The molecule has 1 fully saturated rings. The van der Waals surface area contributed by atoms with Crippen LogP contribution >= 0.6 is 0 Å². The van der Waals surface area contributed by atoms with Crippen molar-refractivity contribution in [3.63, 3.8) is 0 Å². The Morgan fingerprint density at radius 2 is 1.81 bits per heavy atom. The molecule has 0 spiro atoms. The van der Waals surface area contributed by atoms with Crippen LogP contribution in [0, 0.1) is 11.3 Å². The van der Waals surface area contributed by atoms with Crippen LogP contribution in [0.25, 0.3) is 0 Å². The summed E-state index contributed by atoms with van der Waals surface area (Å²) in [5, 5.41) is 0. The van der Waals surface area contributed by atoms with E-state index >= 15 is 0 Å². The molecule has 1 aromatic carbocycles. The van der Waals surface area contributed by atoms with Crippen LogP contribution in [0.2, 0.25) is 0 Å². The highest BCUT2D eigenvalue weighted by atomic mass is 16.5. The topological polar surface area (TPSA) is 61.8 Å². The third-order valence-corrected chi connectivity index (χ3v) is 5.13. The zero-order valence-electron chi connectivity index (χ0n) is 15.9. The molecule has 0 radical (unpaired) electrons. The molecule has 0 heterocycles. The second-order valence-electron chi connectivity index (χ2n) is 6.98. The van der Waals surface area contributed by atoms with E-state index in [1.807, 2.05) is 30.3 Å². The van der Waals surface area contributed by atoms with Crippen LogP contribution in [0.4, 0.5) is 0 Å². The first-order valence-electron chi connectivity index (χ1n) is 9.48. The molecule has 1 aromatic rings. The summed E-state index contributed by atoms with van der Waals surface area (Å²) in [6.45, 7) is 2.88. The molecule has 0 amide bonds. The van der Waals surface area contributed by atoms with Crippen LogP contribution in [-0.2, 0) is 30.4 Å². The van der Waals surface area contributed by atoms with Crippen molar-refractivity contribution < 1.29 is 23.8 Å². The van der Waals surface area contributed by atoms with Gasteiger partial charge in [-0.2, -0.15) is 0 Å². The summed E-state index contributed by atoms with van der Waals surface area (Å²) in [5.41, 5.74) is 0.385. The molecule has 26 heavy (non-hydrogen) atoms. The minimum atomic E-state index is -0.583. The molecule has 1 atom stereocenters. The predicted molar refractivity (Wildman–Crippen MR) is 98.4 cm³/mol. The molecule has 5 heteroatoms. The number of ether oxygens (including phenoxy) is 3. The van der Waals surface area contributed by atoms with Gasteiger partial charge in [0.1, 0.15) is 6.61 Å². The van der Waals surface area contributed by atoms with Crippen molar-refractivity contribution in [2.75, 3.05) is 20.3 Å². The number of carbonyl (C=O) groups is 2. The van der Waals surface area contributed by atoms with Crippen LogP contribution < -0.4 is 0 Å². The Morgan fingerprint density at radius 1 is 1.12 bits per heavy atom. The first kappa shape index (κ1) is 20.4. The molecule has 1 saturated carbocycles. The van der Waals surface area contributed by atoms with Crippen molar-refractivity contribution in [1.29, 1.82) is 0 Å². The minimum Gasteiger partial charge on any atom is -0.466 e. The summed E-state index contributed by atoms with van der Waals surface area (Å²) in [6, 6.07) is 9.67. The van der Waals surface area contributed by atoms with Crippen LogP contribution in [-0.4, -0.2) is 32.3 Å². The number of methoxy groups -OCH3 is 1. The van der Waals surface area contributed by atoms with Crippen molar-refractivity contribution in [2.24, 2.45) is 11.3 Å². The molecule has 2 rings (SSSR count). The Morgan fingerprint density at radius 3 is 2.42 bits per heavy atom. The first-order chi connectivity index (χ1) is 12.6. The van der Waals surface area contributed by atoms with Gasteiger partial charge in [0.25, 0.3) is 0 Å². The van der Waals surface area contributed by atoms with E-state index < -0.39 is 5.41 Å². The van der Waals surface area contributed by atoms with Gasteiger partial charge in [0, 0.05) is 13.7 Å². The lowest BCUT2D eigenvalue weighted by atomic mass is 9.76. The Bertz CT molecular complexity index is 563. The highest BCUT2D eigenvalue weighted by molar-refractivity contribution is 5.79. The summed E-state index contributed by atoms with van der Waals surface area (Å²) >= 11 is 0. The monoisotopic (exact) mass is 362 g/mol. The molecule has 144 valence electrons. The number of carbonyl (C=O) groups excluding carboxylic acids is 2. The van der Waals surface area contributed by atoms with E-state index in [0.29, 0.717) is 26.1 Å². The molecule has 0 bridgehead atoms. The van der Waals surface area contributed by atoms with E-state index in [9.17, 15) is 9.59 Å². The molecular formula is C21H30O5. The van der Waals surface area contributed by atoms with Gasteiger partial charge < -0.3 is 14.2 Å². The van der Waals surface area contributed by atoms with Crippen molar-refractivity contribution in [3.05, 3.63) is 35.9 Å². The number of benzene rings is 1. The van der Waals surface area contributed by atoms with Crippen molar-refractivity contribution in [1.82, 2.24) is 0 Å². The summed E-state index contributed by atoms with van der Waals surface area (Å²) < 4.78 is 16.0.